The predicted molar refractivity (Wildman–Crippen MR) is 139 cm³/mol. The molecule has 1 aromatic carbocycles. The highest BCUT2D eigenvalue weighted by atomic mass is 19.4. The number of aliphatic hydroxyl groups excluding tert-OH is 1. The fourth-order valence-corrected chi connectivity index (χ4v) is 5.52. The SMILES string of the molecule is O=C(CCC(F)(F)F)N1CC=C(c2cccn3nc(Nc4ccc(C(O)N5C[C@H]6CN[C@H]6C5)cc4)nc23)CC1. The van der Waals surface area contributed by atoms with Crippen LogP contribution < -0.4 is 10.6 Å². The van der Waals surface area contributed by atoms with Crippen molar-refractivity contribution in [2.24, 2.45) is 5.92 Å². The Morgan fingerprint density at radius 1 is 1.21 bits per heavy atom. The summed E-state index contributed by atoms with van der Waals surface area (Å²) in [5.74, 6) is 0.553. The number of aliphatic hydroxyl groups is 1. The van der Waals surface area contributed by atoms with Crippen molar-refractivity contribution < 1.29 is 23.1 Å². The Bertz CT molecular complexity index is 1380. The molecule has 39 heavy (non-hydrogen) atoms. The van der Waals surface area contributed by atoms with E-state index in [1.165, 1.54) is 4.90 Å². The fraction of sp³-hybridized carbons (Fsp3) is 0.444. The first-order chi connectivity index (χ1) is 18.7. The summed E-state index contributed by atoms with van der Waals surface area (Å²) in [5, 5.41) is 21.9. The molecule has 0 aliphatic carbocycles. The van der Waals surface area contributed by atoms with Gasteiger partial charge in [0.25, 0.3) is 0 Å². The van der Waals surface area contributed by atoms with Gasteiger partial charge in [-0.15, -0.1) is 5.10 Å². The molecule has 0 spiro atoms. The number of aromatic nitrogens is 3. The van der Waals surface area contributed by atoms with E-state index in [0.29, 0.717) is 36.5 Å². The van der Waals surface area contributed by atoms with Gasteiger partial charge in [-0.3, -0.25) is 9.69 Å². The maximum atomic E-state index is 12.5. The third-order valence-corrected chi connectivity index (χ3v) is 7.81. The second-order valence-electron chi connectivity index (χ2n) is 10.4. The van der Waals surface area contributed by atoms with Crippen LogP contribution in [0.1, 0.15) is 36.6 Å². The zero-order valence-electron chi connectivity index (χ0n) is 21.2. The van der Waals surface area contributed by atoms with Gasteiger partial charge in [0, 0.05) is 68.6 Å². The van der Waals surface area contributed by atoms with Gasteiger partial charge in [0.15, 0.2) is 5.65 Å². The average molecular weight is 542 g/mol. The molecule has 3 aromatic rings. The quantitative estimate of drug-likeness (QED) is 0.422. The molecule has 12 heteroatoms. The predicted octanol–water partition coefficient (Wildman–Crippen LogP) is 3.33. The van der Waals surface area contributed by atoms with Crippen molar-refractivity contribution in [2.75, 3.05) is 38.0 Å². The van der Waals surface area contributed by atoms with Crippen LogP contribution in [0.25, 0.3) is 11.2 Å². The number of alkyl halides is 3. The zero-order chi connectivity index (χ0) is 27.1. The summed E-state index contributed by atoms with van der Waals surface area (Å²) in [4.78, 5) is 20.4. The van der Waals surface area contributed by atoms with Crippen LogP contribution in [0, 0.1) is 5.92 Å². The molecule has 206 valence electrons. The number of hydrogen-bond donors (Lipinski definition) is 3. The number of rotatable bonds is 7. The van der Waals surface area contributed by atoms with Crippen LogP contribution in [0.2, 0.25) is 0 Å². The van der Waals surface area contributed by atoms with Gasteiger partial charge in [-0.05, 0) is 41.8 Å². The number of amides is 1. The summed E-state index contributed by atoms with van der Waals surface area (Å²) in [5.41, 5.74) is 4.11. The number of pyridine rings is 1. The number of likely N-dealkylation sites (tertiary alicyclic amines) is 1. The molecular formula is C27H30F3N7O2. The largest absolute Gasteiger partial charge is 0.389 e. The summed E-state index contributed by atoms with van der Waals surface area (Å²) in [6.45, 7) is 3.39. The Hall–Kier alpha value is -3.48. The van der Waals surface area contributed by atoms with E-state index in [1.54, 1.807) is 10.7 Å². The standard InChI is InChI=1S/C27H30F3N7O2/c28-27(29,30)10-7-23(38)35-12-8-17(9-13-35)21-2-1-11-37-24(21)33-26(34-37)32-20-5-3-18(4-6-20)25(39)36-15-19-14-31-22(19)16-36/h1-6,8,11,19,22,25,31,39H,7,9-10,12-16H2,(H,32,34)/t19-,22+,25?/m1/s1. The fourth-order valence-electron chi connectivity index (χ4n) is 5.52. The summed E-state index contributed by atoms with van der Waals surface area (Å²) in [7, 11) is 0. The Labute approximate surface area is 223 Å². The number of halogens is 3. The van der Waals surface area contributed by atoms with Crippen molar-refractivity contribution in [1.29, 1.82) is 0 Å². The molecular weight excluding hydrogens is 511 g/mol. The molecule has 2 fully saturated rings. The first-order valence-electron chi connectivity index (χ1n) is 13.2. The lowest BCUT2D eigenvalue weighted by atomic mass is 9.96. The Morgan fingerprint density at radius 3 is 2.67 bits per heavy atom. The first-order valence-corrected chi connectivity index (χ1v) is 13.2. The number of nitrogens with zero attached hydrogens (tertiary/aromatic N) is 5. The van der Waals surface area contributed by atoms with E-state index < -0.39 is 31.2 Å². The first kappa shape index (κ1) is 25.8. The van der Waals surface area contributed by atoms with E-state index in [-0.39, 0.29) is 6.54 Å². The summed E-state index contributed by atoms with van der Waals surface area (Å²) < 4.78 is 39.1. The van der Waals surface area contributed by atoms with E-state index in [2.05, 4.69) is 25.6 Å². The minimum absolute atomic E-state index is 0.264. The number of benzene rings is 1. The minimum Gasteiger partial charge on any atom is -0.374 e. The average Bonchev–Trinajstić information content (AvgIpc) is 3.46. The Balaban J connectivity index is 1.11. The smallest absolute Gasteiger partial charge is 0.374 e. The molecule has 1 amide bonds. The maximum Gasteiger partial charge on any atom is 0.389 e. The number of nitrogens with one attached hydrogen (secondary N) is 2. The molecule has 3 aliphatic rings. The molecule has 3 atom stereocenters. The van der Waals surface area contributed by atoms with Crippen molar-refractivity contribution in [2.45, 2.75) is 37.7 Å². The highest BCUT2D eigenvalue weighted by Crippen LogP contribution is 2.31. The molecule has 2 aromatic heterocycles. The number of carbonyl (C=O) groups excluding carboxylic acids is 1. The molecule has 5 heterocycles. The zero-order valence-corrected chi connectivity index (χ0v) is 21.2. The van der Waals surface area contributed by atoms with Crippen molar-refractivity contribution in [1.82, 2.24) is 29.7 Å². The van der Waals surface area contributed by atoms with Crippen molar-refractivity contribution >= 4 is 28.8 Å². The normalized spacial score (nSPS) is 22.4. The lowest BCUT2D eigenvalue weighted by Crippen LogP contribution is -2.51. The summed E-state index contributed by atoms with van der Waals surface area (Å²) in [6.07, 6.45) is -2.42. The third-order valence-electron chi connectivity index (χ3n) is 7.81. The van der Waals surface area contributed by atoms with Crippen molar-refractivity contribution in [3.63, 3.8) is 0 Å². The second kappa shape index (κ2) is 10.2. The number of hydrogen-bond acceptors (Lipinski definition) is 7. The van der Waals surface area contributed by atoms with E-state index >= 15 is 0 Å². The van der Waals surface area contributed by atoms with Gasteiger partial charge in [-0.1, -0.05) is 18.2 Å². The van der Waals surface area contributed by atoms with Crippen LogP contribution in [0.3, 0.4) is 0 Å². The highest BCUT2D eigenvalue weighted by Gasteiger charge is 2.41. The van der Waals surface area contributed by atoms with E-state index in [1.807, 2.05) is 42.5 Å². The number of fused-ring (bicyclic) bond motifs is 2. The van der Waals surface area contributed by atoms with Crippen LogP contribution >= 0.6 is 0 Å². The van der Waals surface area contributed by atoms with E-state index in [0.717, 1.165) is 42.0 Å². The molecule has 0 radical (unpaired) electrons. The molecule has 3 N–H and O–H groups in total. The van der Waals surface area contributed by atoms with Gasteiger partial charge in [0.2, 0.25) is 11.9 Å². The van der Waals surface area contributed by atoms with Gasteiger partial charge >= 0.3 is 6.18 Å². The number of carbonyl (C=O) groups is 1. The third kappa shape index (κ3) is 5.49. The van der Waals surface area contributed by atoms with Crippen LogP contribution in [-0.2, 0) is 4.79 Å². The molecule has 3 aliphatic heterocycles. The molecule has 9 nitrogen and oxygen atoms in total. The van der Waals surface area contributed by atoms with Crippen LogP contribution in [0.5, 0.6) is 0 Å². The van der Waals surface area contributed by atoms with Crippen LogP contribution in [0.4, 0.5) is 24.8 Å². The van der Waals surface area contributed by atoms with Gasteiger partial charge in [-0.25, -0.2) is 4.52 Å². The van der Waals surface area contributed by atoms with Gasteiger partial charge in [0.05, 0.1) is 6.42 Å². The van der Waals surface area contributed by atoms with E-state index in [9.17, 15) is 23.1 Å². The molecule has 6 rings (SSSR count). The molecule has 2 saturated heterocycles. The van der Waals surface area contributed by atoms with E-state index in [4.69, 9.17) is 0 Å². The van der Waals surface area contributed by atoms with Crippen LogP contribution in [-0.4, -0.2) is 80.4 Å². The topological polar surface area (TPSA) is 98.0 Å². The molecule has 1 unspecified atom stereocenters. The number of anilines is 2. The highest BCUT2D eigenvalue weighted by molar-refractivity contribution is 5.81. The molecule has 0 bridgehead atoms. The van der Waals surface area contributed by atoms with Gasteiger partial charge < -0.3 is 20.6 Å². The lowest BCUT2D eigenvalue weighted by Gasteiger charge is -2.30. The van der Waals surface area contributed by atoms with Crippen molar-refractivity contribution in [3.8, 4) is 0 Å². The Kier molecular flexibility index (Phi) is 6.77. The monoisotopic (exact) mass is 541 g/mol. The minimum atomic E-state index is -4.34. The molecule has 0 saturated carbocycles. The second-order valence-corrected chi connectivity index (χ2v) is 10.4. The summed E-state index contributed by atoms with van der Waals surface area (Å²) in [6, 6.07) is 11.9. The Morgan fingerprint density at radius 2 is 2.03 bits per heavy atom. The lowest BCUT2D eigenvalue weighted by molar-refractivity contribution is -0.148. The van der Waals surface area contributed by atoms with Gasteiger partial charge in [-0.2, -0.15) is 18.2 Å². The van der Waals surface area contributed by atoms with Crippen LogP contribution in [0.15, 0.2) is 48.7 Å². The maximum absolute atomic E-state index is 12.5. The van der Waals surface area contributed by atoms with Gasteiger partial charge in [0.1, 0.15) is 6.23 Å². The summed E-state index contributed by atoms with van der Waals surface area (Å²) >= 11 is 0. The van der Waals surface area contributed by atoms with Crippen molar-refractivity contribution in [3.05, 3.63) is 59.8 Å².